The number of nitrogens with zero attached hydrogens (tertiary/aromatic N) is 2. The number of sulfone groups is 1. The molecule has 1 aromatic heterocycles. The molecule has 84 valence electrons. The second-order valence-electron chi connectivity index (χ2n) is 3.70. The van der Waals surface area contributed by atoms with Gasteiger partial charge in [-0.3, -0.25) is 4.68 Å². The van der Waals surface area contributed by atoms with Gasteiger partial charge in [0.2, 0.25) is 0 Å². The van der Waals surface area contributed by atoms with Crippen molar-refractivity contribution in [3.8, 4) is 0 Å². The van der Waals surface area contributed by atoms with Crippen LogP contribution in [0.4, 0.5) is 5.69 Å². The number of anilines is 1. The van der Waals surface area contributed by atoms with Crippen molar-refractivity contribution in [1.82, 2.24) is 9.78 Å². The Morgan fingerprint density at radius 1 is 1.53 bits per heavy atom. The quantitative estimate of drug-likeness (QED) is 0.764. The molecule has 0 saturated heterocycles. The molecule has 1 aromatic rings. The average molecular weight is 229 g/mol. The maximum absolute atomic E-state index is 11.9. The molecule has 0 amide bonds. The summed E-state index contributed by atoms with van der Waals surface area (Å²) in [6.45, 7) is 2.67. The zero-order chi connectivity index (χ0) is 11.1. The Balaban J connectivity index is 2.68. The van der Waals surface area contributed by atoms with Crippen LogP contribution in [-0.2, 0) is 23.3 Å². The van der Waals surface area contributed by atoms with Crippen molar-refractivity contribution in [2.24, 2.45) is 7.05 Å². The van der Waals surface area contributed by atoms with E-state index in [0.29, 0.717) is 23.7 Å². The van der Waals surface area contributed by atoms with Crippen molar-refractivity contribution >= 4 is 15.5 Å². The lowest BCUT2D eigenvalue weighted by Gasteiger charge is -2.02. The molecule has 0 radical (unpaired) electrons. The van der Waals surface area contributed by atoms with E-state index in [9.17, 15) is 8.42 Å². The number of hydrogen-bond donors (Lipinski definition) is 1. The number of aromatic nitrogens is 2. The van der Waals surface area contributed by atoms with E-state index in [1.807, 2.05) is 6.92 Å². The lowest BCUT2D eigenvalue weighted by molar-refractivity contribution is 0.577. The lowest BCUT2D eigenvalue weighted by Crippen LogP contribution is -2.10. The van der Waals surface area contributed by atoms with Gasteiger partial charge in [0.15, 0.2) is 14.9 Å². The van der Waals surface area contributed by atoms with Gasteiger partial charge in [0, 0.05) is 13.6 Å². The van der Waals surface area contributed by atoms with Crippen molar-refractivity contribution in [3.05, 3.63) is 5.69 Å². The fourth-order valence-electron chi connectivity index (χ4n) is 1.92. The smallest absolute Gasteiger partial charge is 0.197 e. The SMILES string of the molecule is CCc1nn(C)c2c1NCCCS2(=O)=O. The molecule has 5 nitrogen and oxygen atoms in total. The first-order valence-electron chi connectivity index (χ1n) is 5.08. The molecule has 0 spiro atoms. The Hall–Kier alpha value is -1.04. The molecular weight excluding hydrogens is 214 g/mol. The highest BCUT2D eigenvalue weighted by Gasteiger charge is 2.28. The van der Waals surface area contributed by atoms with Gasteiger partial charge in [0.1, 0.15) is 0 Å². The Morgan fingerprint density at radius 3 is 2.93 bits per heavy atom. The standard InChI is InChI=1S/C9H15N3O2S/c1-3-7-8-9(12(2)11-7)15(13,14)6-4-5-10-8/h10H,3-6H2,1-2H3. The van der Waals surface area contributed by atoms with Gasteiger partial charge in [-0.25, -0.2) is 8.42 Å². The summed E-state index contributed by atoms with van der Waals surface area (Å²) in [5, 5.41) is 7.73. The summed E-state index contributed by atoms with van der Waals surface area (Å²) in [5.74, 6) is 0.204. The summed E-state index contributed by atoms with van der Waals surface area (Å²) < 4.78 is 25.4. The summed E-state index contributed by atoms with van der Waals surface area (Å²) in [6, 6.07) is 0. The van der Waals surface area contributed by atoms with Gasteiger partial charge >= 0.3 is 0 Å². The van der Waals surface area contributed by atoms with E-state index in [0.717, 1.165) is 12.1 Å². The van der Waals surface area contributed by atoms with E-state index >= 15 is 0 Å². The van der Waals surface area contributed by atoms with Gasteiger partial charge in [-0.15, -0.1) is 0 Å². The number of rotatable bonds is 1. The maximum Gasteiger partial charge on any atom is 0.197 e. The minimum Gasteiger partial charge on any atom is -0.381 e. The third-order valence-electron chi connectivity index (χ3n) is 2.59. The lowest BCUT2D eigenvalue weighted by atomic mass is 10.3. The zero-order valence-electron chi connectivity index (χ0n) is 8.95. The van der Waals surface area contributed by atoms with E-state index in [1.54, 1.807) is 7.05 Å². The fourth-order valence-corrected chi connectivity index (χ4v) is 3.58. The van der Waals surface area contributed by atoms with E-state index in [1.165, 1.54) is 4.68 Å². The minimum absolute atomic E-state index is 0.204. The molecule has 1 N–H and O–H groups in total. The molecule has 0 unspecified atom stereocenters. The molecular formula is C9H15N3O2S. The topological polar surface area (TPSA) is 64.0 Å². The van der Waals surface area contributed by atoms with Crippen LogP contribution in [0.2, 0.25) is 0 Å². The zero-order valence-corrected chi connectivity index (χ0v) is 9.76. The van der Waals surface area contributed by atoms with Crippen molar-refractivity contribution in [3.63, 3.8) is 0 Å². The molecule has 0 fully saturated rings. The third kappa shape index (κ3) is 1.62. The normalized spacial score (nSPS) is 19.1. The van der Waals surface area contributed by atoms with Crippen molar-refractivity contribution in [2.75, 3.05) is 17.6 Å². The molecule has 0 aliphatic carbocycles. The molecule has 1 aliphatic heterocycles. The Labute approximate surface area is 89.4 Å². The number of hydrogen-bond acceptors (Lipinski definition) is 4. The van der Waals surface area contributed by atoms with Crippen LogP contribution in [0, 0.1) is 0 Å². The van der Waals surface area contributed by atoms with E-state index in [-0.39, 0.29) is 5.75 Å². The third-order valence-corrected chi connectivity index (χ3v) is 4.47. The van der Waals surface area contributed by atoms with Crippen LogP contribution < -0.4 is 5.32 Å². The van der Waals surface area contributed by atoms with Crippen molar-refractivity contribution in [2.45, 2.75) is 24.8 Å². The van der Waals surface area contributed by atoms with Crippen LogP contribution >= 0.6 is 0 Å². The number of fused-ring (bicyclic) bond motifs is 1. The highest BCUT2D eigenvalue weighted by atomic mass is 32.2. The second-order valence-corrected chi connectivity index (χ2v) is 5.73. The Kier molecular flexibility index (Phi) is 2.46. The van der Waals surface area contributed by atoms with Gasteiger partial charge in [-0.1, -0.05) is 6.92 Å². The molecule has 2 heterocycles. The predicted molar refractivity (Wildman–Crippen MR) is 57.7 cm³/mol. The van der Waals surface area contributed by atoms with Gasteiger partial charge < -0.3 is 5.32 Å². The van der Waals surface area contributed by atoms with E-state index < -0.39 is 9.84 Å². The Bertz CT molecular complexity index is 476. The van der Waals surface area contributed by atoms with E-state index in [4.69, 9.17) is 0 Å². The second kappa shape index (κ2) is 3.52. The number of aryl methyl sites for hydroxylation is 2. The molecule has 0 saturated carbocycles. The van der Waals surface area contributed by atoms with Gasteiger partial charge in [-0.05, 0) is 12.8 Å². The van der Waals surface area contributed by atoms with Crippen LogP contribution in [0.15, 0.2) is 5.03 Å². The first kappa shape index (κ1) is 10.5. The van der Waals surface area contributed by atoms with Crippen LogP contribution in [-0.4, -0.2) is 30.5 Å². The molecule has 0 atom stereocenters. The van der Waals surface area contributed by atoms with Crippen LogP contribution in [0.25, 0.3) is 0 Å². The first-order valence-corrected chi connectivity index (χ1v) is 6.74. The first-order chi connectivity index (χ1) is 7.06. The van der Waals surface area contributed by atoms with Crippen molar-refractivity contribution in [1.29, 1.82) is 0 Å². The molecule has 0 aromatic carbocycles. The van der Waals surface area contributed by atoms with Crippen molar-refractivity contribution < 1.29 is 8.42 Å². The van der Waals surface area contributed by atoms with E-state index in [2.05, 4.69) is 10.4 Å². The average Bonchev–Trinajstić information content (AvgIpc) is 2.40. The maximum atomic E-state index is 11.9. The Morgan fingerprint density at radius 2 is 2.27 bits per heavy atom. The summed E-state index contributed by atoms with van der Waals surface area (Å²) in [4.78, 5) is 0. The largest absolute Gasteiger partial charge is 0.381 e. The van der Waals surface area contributed by atoms with Crippen LogP contribution in [0.5, 0.6) is 0 Å². The molecule has 2 rings (SSSR count). The van der Waals surface area contributed by atoms with Gasteiger partial charge in [-0.2, -0.15) is 5.10 Å². The highest BCUT2D eigenvalue weighted by Crippen LogP contribution is 2.28. The van der Waals surface area contributed by atoms with Gasteiger partial charge in [0.05, 0.1) is 17.1 Å². The van der Waals surface area contributed by atoms with Crippen LogP contribution in [0.3, 0.4) is 0 Å². The predicted octanol–water partition coefficient (Wildman–Crippen LogP) is 0.572. The molecule has 0 bridgehead atoms. The number of nitrogens with one attached hydrogen (secondary N) is 1. The van der Waals surface area contributed by atoms with Gasteiger partial charge in [0.25, 0.3) is 0 Å². The van der Waals surface area contributed by atoms with Crippen LogP contribution in [0.1, 0.15) is 19.0 Å². The molecule has 6 heteroatoms. The monoisotopic (exact) mass is 229 g/mol. The summed E-state index contributed by atoms with van der Waals surface area (Å²) in [5.41, 5.74) is 1.54. The minimum atomic E-state index is -3.16. The summed E-state index contributed by atoms with van der Waals surface area (Å²) in [6.07, 6.45) is 1.39. The molecule has 15 heavy (non-hydrogen) atoms. The summed E-state index contributed by atoms with van der Waals surface area (Å²) >= 11 is 0. The fraction of sp³-hybridized carbons (Fsp3) is 0.667. The summed E-state index contributed by atoms with van der Waals surface area (Å²) in [7, 11) is -1.48. The molecule has 1 aliphatic rings. The highest BCUT2D eigenvalue weighted by molar-refractivity contribution is 7.91.